The van der Waals surface area contributed by atoms with Crippen LogP contribution in [-0.2, 0) is 4.79 Å². The van der Waals surface area contributed by atoms with Crippen LogP contribution in [-0.4, -0.2) is 17.5 Å². The van der Waals surface area contributed by atoms with Gasteiger partial charge in [-0.05, 0) is 49.4 Å². The van der Waals surface area contributed by atoms with Crippen molar-refractivity contribution in [1.29, 1.82) is 0 Å². The molecule has 2 bridgehead atoms. The molecule has 0 aromatic carbocycles. The molecule has 4 rings (SSSR count). The third kappa shape index (κ3) is 0.837. The number of carbonyl (C=O) groups excluding carboxylic acids is 2. The lowest BCUT2D eigenvalue weighted by atomic mass is 9.71. The van der Waals surface area contributed by atoms with Crippen molar-refractivity contribution >= 4 is 11.9 Å². The van der Waals surface area contributed by atoms with Crippen molar-refractivity contribution in [2.75, 3.05) is 0 Å². The minimum Gasteiger partial charge on any atom is -0.323 e. The summed E-state index contributed by atoms with van der Waals surface area (Å²) < 4.78 is 0. The van der Waals surface area contributed by atoms with Crippen molar-refractivity contribution in [2.24, 2.45) is 23.7 Å². The Morgan fingerprint density at radius 2 is 2.00 bits per heavy atom. The van der Waals surface area contributed by atoms with Gasteiger partial charge in [-0.2, -0.15) is 0 Å². The fourth-order valence-corrected chi connectivity index (χ4v) is 5.05. The molecule has 0 aromatic rings. The number of amides is 3. The second kappa shape index (κ2) is 2.60. The minimum absolute atomic E-state index is 0.0599. The normalized spacial score (nSPS) is 53.2. The minimum atomic E-state index is -0.521. The second-order valence-corrected chi connectivity index (χ2v) is 5.94. The molecule has 5 atom stereocenters. The van der Waals surface area contributed by atoms with Gasteiger partial charge < -0.3 is 5.32 Å². The Morgan fingerprint density at radius 1 is 1.19 bits per heavy atom. The second-order valence-electron chi connectivity index (χ2n) is 5.94. The standard InChI is InChI=1S/C12H16N2O2/c15-10-12(14-11(16)13-10)5-6-4-9(12)8-3-1-2-7(6)8/h6-9H,1-5H2,(H2,13,14,15,16)/t6-,7-,8+,9+,12+/m0/s1. The van der Waals surface area contributed by atoms with Gasteiger partial charge in [-0.3, -0.25) is 10.1 Å². The molecule has 4 aliphatic rings. The molecule has 86 valence electrons. The first-order chi connectivity index (χ1) is 7.71. The van der Waals surface area contributed by atoms with Gasteiger partial charge in [-0.25, -0.2) is 4.79 Å². The predicted octanol–water partition coefficient (Wildman–Crippen LogP) is 1.02. The van der Waals surface area contributed by atoms with Crippen LogP contribution >= 0.6 is 0 Å². The molecule has 0 aromatic heterocycles. The maximum absolute atomic E-state index is 12.0. The van der Waals surface area contributed by atoms with Crippen molar-refractivity contribution in [3.05, 3.63) is 0 Å². The summed E-state index contributed by atoms with van der Waals surface area (Å²) in [4.78, 5) is 23.3. The maximum atomic E-state index is 12.0. The molecule has 3 saturated carbocycles. The first kappa shape index (κ1) is 9.02. The van der Waals surface area contributed by atoms with E-state index < -0.39 is 5.54 Å². The number of rotatable bonds is 0. The predicted molar refractivity (Wildman–Crippen MR) is 56.5 cm³/mol. The zero-order valence-electron chi connectivity index (χ0n) is 9.16. The Balaban J connectivity index is 1.74. The molecule has 1 saturated heterocycles. The van der Waals surface area contributed by atoms with Crippen LogP contribution in [0, 0.1) is 23.7 Å². The zero-order chi connectivity index (χ0) is 10.9. The molecule has 3 amide bonds. The van der Waals surface area contributed by atoms with Gasteiger partial charge in [0.1, 0.15) is 5.54 Å². The first-order valence-corrected chi connectivity index (χ1v) is 6.34. The van der Waals surface area contributed by atoms with Crippen LogP contribution in [0.3, 0.4) is 0 Å². The van der Waals surface area contributed by atoms with E-state index in [1.165, 1.54) is 19.3 Å². The average molecular weight is 220 g/mol. The molecule has 1 heterocycles. The Morgan fingerprint density at radius 3 is 2.75 bits per heavy atom. The maximum Gasteiger partial charge on any atom is 0.322 e. The summed E-state index contributed by atoms with van der Waals surface area (Å²) in [5.74, 6) is 2.58. The van der Waals surface area contributed by atoms with Gasteiger partial charge in [0.15, 0.2) is 0 Å². The van der Waals surface area contributed by atoms with E-state index in [4.69, 9.17) is 0 Å². The van der Waals surface area contributed by atoms with Gasteiger partial charge >= 0.3 is 6.03 Å². The Bertz CT molecular complexity index is 394. The van der Waals surface area contributed by atoms with Crippen LogP contribution in [0.25, 0.3) is 0 Å². The van der Waals surface area contributed by atoms with E-state index in [0.29, 0.717) is 17.8 Å². The van der Waals surface area contributed by atoms with E-state index >= 15 is 0 Å². The SMILES string of the molecule is O=C1NC(=O)[C@]2(C[C@@H]3C[C@@H]2[C@@H]2CCC[C@@H]32)N1. The Kier molecular flexibility index (Phi) is 1.47. The van der Waals surface area contributed by atoms with Crippen LogP contribution < -0.4 is 10.6 Å². The van der Waals surface area contributed by atoms with Crippen LogP contribution in [0.5, 0.6) is 0 Å². The molecule has 3 aliphatic carbocycles. The van der Waals surface area contributed by atoms with Gasteiger partial charge in [0, 0.05) is 0 Å². The lowest BCUT2D eigenvalue weighted by molar-refractivity contribution is -0.126. The molecule has 16 heavy (non-hydrogen) atoms. The number of nitrogens with one attached hydrogen (secondary N) is 2. The van der Waals surface area contributed by atoms with E-state index in [1.807, 2.05) is 0 Å². The highest BCUT2D eigenvalue weighted by molar-refractivity contribution is 6.07. The van der Waals surface area contributed by atoms with Crippen LogP contribution in [0.2, 0.25) is 0 Å². The van der Waals surface area contributed by atoms with Gasteiger partial charge in [-0.15, -0.1) is 0 Å². The lowest BCUT2D eigenvalue weighted by Gasteiger charge is -2.37. The van der Waals surface area contributed by atoms with E-state index in [-0.39, 0.29) is 11.9 Å². The third-order valence-electron chi connectivity index (χ3n) is 5.49. The summed E-state index contributed by atoms with van der Waals surface area (Å²) in [5, 5.41) is 5.35. The van der Waals surface area contributed by atoms with Crippen molar-refractivity contribution in [2.45, 2.75) is 37.6 Å². The average Bonchev–Trinajstić information content (AvgIpc) is 2.89. The fourth-order valence-electron chi connectivity index (χ4n) is 5.05. The van der Waals surface area contributed by atoms with E-state index in [9.17, 15) is 9.59 Å². The zero-order valence-corrected chi connectivity index (χ0v) is 9.16. The fraction of sp³-hybridized carbons (Fsp3) is 0.833. The molecule has 1 spiro atoms. The van der Waals surface area contributed by atoms with Crippen molar-refractivity contribution in [3.8, 4) is 0 Å². The topological polar surface area (TPSA) is 58.2 Å². The molecule has 4 heteroatoms. The number of hydrogen-bond donors (Lipinski definition) is 2. The van der Waals surface area contributed by atoms with Crippen LogP contribution in [0.4, 0.5) is 4.79 Å². The molecule has 1 aliphatic heterocycles. The molecule has 0 radical (unpaired) electrons. The van der Waals surface area contributed by atoms with E-state index in [2.05, 4.69) is 10.6 Å². The Labute approximate surface area is 94.2 Å². The van der Waals surface area contributed by atoms with Crippen molar-refractivity contribution in [1.82, 2.24) is 10.6 Å². The molecular formula is C12H16N2O2. The number of urea groups is 1. The van der Waals surface area contributed by atoms with Gasteiger partial charge in [0.25, 0.3) is 5.91 Å². The van der Waals surface area contributed by atoms with Crippen LogP contribution in [0.15, 0.2) is 0 Å². The lowest BCUT2D eigenvalue weighted by Crippen LogP contribution is -2.54. The number of carbonyl (C=O) groups is 2. The molecule has 4 fully saturated rings. The largest absolute Gasteiger partial charge is 0.323 e. The monoisotopic (exact) mass is 220 g/mol. The summed E-state index contributed by atoms with van der Waals surface area (Å²) in [7, 11) is 0. The summed E-state index contributed by atoms with van der Waals surface area (Å²) in [5.41, 5.74) is -0.521. The van der Waals surface area contributed by atoms with E-state index in [1.54, 1.807) is 0 Å². The Hall–Kier alpha value is -1.06. The summed E-state index contributed by atoms with van der Waals surface area (Å²) in [6, 6.07) is -0.285. The highest BCUT2D eigenvalue weighted by Gasteiger charge is 2.66. The van der Waals surface area contributed by atoms with Crippen LogP contribution in [0.1, 0.15) is 32.1 Å². The highest BCUT2D eigenvalue weighted by Crippen LogP contribution is 2.62. The number of fused-ring (bicyclic) bond motifs is 6. The van der Waals surface area contributed by atoms with E-state index in [0.717, 1.165) is 18.8 Å². The molecular weight excluding hydrogens is 204 g/mol. The van der Waals surface area contributed by atoms with Gasteiger partial charge in [0.05, 0.1) is 0 Å². The molecule has 4 nitrogen and oxygen atoms in total. The van der Waals surface area contributed by atoms with Gasteiger partial charge in [-0.1, -0.05) is 6.42 Å². The van der Waals surface area contributed by atoms with Gasteiger partial charge in [0.2, 0.25) is 0 Å². The summed E-state index contributed by atoms with van der Waals surface area (Å²) in [6.07, 6.45) is 5.96. The smallest absolute Gasteiger partial charge is 0.322 e. The van der Waals surface area contributed by atoms with Crippen molar-refractivity contribution in [3.63, 3.8) is 0 Å². The molecule has 0 unspecified atom stereocenters. The summed E-state index contributed by atoms with van der Waals surface area (Å²) >= 11 is 0. The summed E-state index contributed by atoms with van der Waals surface area (Å²) in [6.45, 7) is 0. The van der Waals surface area contributed by atoms with Crippen molar-refractivity contribution < 1.29 is 9.59 Å². The molecule has 2 N–H and O–H groups in total. The highest BCUT2D eigenvalue weighted by atomic mass is 16.2. The first-order valence-electron chi connectivity index (χ1n) is 6.34. The number of imide groups is 1. The quantitative estimate of drug-likeness (QED) is 0.599. The number of hydrogen-bond acceptors (Lipinski definition) is 2. The third-order valence-corrected chi connectivity index (χ3v) is 5.49.